The Kier molecular flexibility index (Phi) is 5.02. The van der Waals surface area contributed by atoms with Gasteiger partial charge in [0.2, 0.25) is 5.91 Å². The summed E-state index contributed by atoms with van der Waals surface area (Å²) < 4.78 is 0. The standard InChI is InChI=1S/C20H20N4O2/c1-4-5-19(26)18-6-12(2)16(11-22-18)17-7-14-10-23-20(24-13(3)25)8-15(14)9-21-17/h6-11H,4-5H2,1-3H3,(H,23,24,25). The number of carbonyl (C=O) groups is 2. The number of aromatic nitrogens is 3. The van der Waals surface area contributed by atoms with Crippen molar-refractivity contribution in [3.8, 4) is 11.3 Å². The quantitative estimate of drug-likeness (QED) is 0.706. The van der Waals surface area contributed by atoms with Crippen LogP contribution in [0, 0.1) is 6.92 Å². The summed E-state index contributed by atoms with van der Waals surface area (Å²) in [6.07, 6.45) is 6.45. The highest BCUT2D eigenvalue weighted by Gasteiger charge is 2.11. The van der Waals surface area contributed by atoms with Gasteiger partial charge in [0.05, 0.1) is 5.69 Å². The van der Waals surface area contributed by atoms with Crippen LogP contribution in [0.5, 0.6) is 0 Å². The van der Waals surface area contributed by atoms with Crippen molar-refractivity contribution in [3.63, 3.8) is 0 Å². The third-order valence-electron chi connectivity index (χ3n) is 4.06. The summed E-state index contributed by atoms with van der Waals surface area (Å²) in [4.78, 5) is 36.2. The van der Waals surface area contributed by atoms with Crippen LogP contribution in [-0.4, -0.2) is 26.6 Å². The van der Waals surface area contributed by atoms with Crippen LogP contribution in [0.15, 0.2) is 36.8 Å². The predicted molar refractivity (Wildman–Crippen MR) is 101 cm³/mol. The molecule has 3 aromatic rings. The molecule has 0 atom stereocenters. The van der Waals surface area contributed by atoms with Crippen LogP contribution in [0.25, 0.3) is 22.0 Å². The topological polar surface area (TPSA) is 84.8 Å². The molecule has 1 amide bonds. The highest BCUT2D eigenvalue weighted by atomic mass is 16.1. The third-order valence-corrected chi connectivity index (χ3v) is 4.06. The Morgan fingerprint density at radius 1 is 1.00 bits per heavy atom. The molecule has 3 heterocycles. The minimum Gasteiger partial charge on any atom is -0.311 e. The maximum absolute atomic E-state index is 12.0. The molecule has 26 heavy (non-hydrogen) atoms. The van der Waals surface area contributed by atoms with E-state index in [2.05, 4.69) is 20.3 Å². The smallest absolute Gasteiger partial charge is 0.222 e. The third kappa shape index (κ3) is 3.74. The largest absolute Gasteiger partial charge is 0.311 e. The van der Waals surface area contributed by atoms with Gasteiger partial charge in [0, 0.05) is 48.3 Å². The number of carbonyl (C=O) groups excluding carboxylic acids is 2. The van der Waals surface area contributed by atoms with Crippen LogP contribution in [0.1, 0.15) is 42.7 Å². The second-order valence-electron chi connectivity index (χ2n) is 6.23. The number of aryl methyl sites for hydroxylation is 1. The fraction of sp³-hybridized carbons (Fsp3) is 0.250. The molecule has 6 nitrogen and oxygen atoms in total. The molecule has 0 aliphatic rings. The van der Waals surface area contributed by atoms with Gasteiger partial charge in [-0.25, -0.2) is 4.98 Å². The summed E-state index contributed by atoms with van der Waals surface area (Å²) in [7, 11) is 0. The Morgan fingerprint density at radius 2 is 1.73 bits per heavy atom. The lowest BCUT2D eigenvalue weighted by Crippen LogP contribution is -2.07. The van der Waals surface area contributed by atoms with Gasteiger partial charge in [-0.3, -0.25) is 19.6 Å². The second kappa shape index (κ2) is 7.39. The van der Waals surface area contributed by atoms with Crippen LogP contribution >= 0.6 is 0 Å². The van der Waals surface area contributed by atoms with E-state index < -0.39 is 0 Å². The van der Waals surface area contributed by atoms with Crippen molar-refractivity contribution in [1.82, 2.24) is 15.0 Å². The van der Waals surface area contributed by atoms with Crippen molar-refractivity contribution in [1.29, 1.82) is 0 Å². The van der Waals surface area contributed by atoms with E-state index in [1.54, 1.807) is 24.7 Å². The lowest BCUT2D eigenvalue weighted by atomic mass is 10.0. The number of pyridine rings is 3. The van der Waals surface area contributed by atoms with E-state index in [1.807, 2.05) is 26.0 Å². The molecule has 0 aromatic carbocycles. The molecule has 6 heteroatoms. The van der Waals surface area contributed by atoms with E-state index in [0.29, 0.717) is 17.9 Å². The number of fused-ring (bicyclic) bond motifs is 1. The number of rotatable bonds is 5. The fourth-order valence-electron chi connectivity index (χ4n) is 2.77. The summed E-state index contributed by atoms with van der Waals surface area (Å²) in [5, 5.41) is 4.45. The first-order valence-electron chi connectivity index (χ1n) is 8.51. The summed E-state index contributed by atoms with van der Waals surface area (Å²) in [6, 6.07) is 5.53. The lowest BCUT2D eigenvalue weighted by molar-refractivity contribution is -0.114. The van der Waals surface area contributed by atoms with Crippen molar-refractivity contribution in [2.45, 2.75) is 33.6 Å². The molecule has 0 aliphatic heterocycles. The normalized spacial score (nSPS) is 10.7. The molecule has 0 fully saturated rings. The van der Waals surface area contributed by atoms with Gasteiger partial charge < -0.3 is 5.32 Å². The minimum absolute atomic E-state index is 0.0586. The van der Waals surface area contributed by atoms with Gasteiger partial charge in [0.15, 0.2) is 5.78 Å². The highest BCUT2D eigenvalue weighted by Crippen LogP contribution is 2.25. The van der Waals surface area contributed by atoms with Crippen molar-refractivity contribution in [3.05, 3.63) is 48.0 Å². The van der Waals surface area contributed by atoms with Crippen LogP contribution < -0.4 is 5.32 Å². The van der Waals surface area contributed by atoms with Crippen molar-refractivity contribution in [2.75, 3.05) is 5.32 Å². The van der Waals surface area contributed by atoms with Gasteiger partial charge in [-0.2, -0.15) is 0 Å². The molecule has 132 valence electrons. The molecule has 3 aromatic heterocycles. The summed E-state index contributed by atoms with van der Waals surface area (Å²) in [5.74, 6) is 0.389. The Hall–Kier alpha value is -3.15. The first-order valence-corrected chi connectivity index (χ1v) is 8.51. The Morgan fingerprint density at radius 3 is 2.42 bits per heavy atom. The monoisotopic (exact) mass is 348 g/mol. The van der Waals surface area contributed by atoms with E-state index in [0.717, 1.165) is 34.0 Å². The first kappa shape index (κ1) is 17.7. The van der Waals surface area contributed by atoms with Crippen molar-refractivity contribution < 1.29 is 9.59 Å². The van der Waals surface area contributed by atoms with E-state index in [9.17, 15) is 9.59 Å². The highest BCUT2D eigenvalue weighted by molar-refractivity contribution is 5.95. The molecule has 0 unspecified atom stereocenters. The molecule has 3 rings (SSSR count). The van der Waals surface area contributed by atoms with Crippen LogP contribution in [0.3, 0.4) is 0 Å². The van der Waals surface area contributed by atoms with Crippen LogP contribution in [0.2, 0.25) is 0 Å². The average Bonchev–Trinajstić information content (AvgIpc) is 2.61. The number of nitrogens with zero attached hydrogens (tertiary/aromatic N) is 3. The molecular weight excluding hydrogens is 328 g/mol. The lowest BCUT2D eigenvalue weighted by Gasteiger charge is -2.09. The molecule has 0 radical (unpaired) electrons. The fourth-order valence-corrected chi connectivity index (χ4v) is 2.77. The summed E-state index contributed by atoms with van der Waals surface area (Å²) in [5.41, 5.74) is 3.10. The Balaban J connectivity index is 1.95. The number of Topliss-reactive ketones (excluding diaryl/α,β-unsaturated/α-hetero) is 1. The van der Waals surface area contributed by atoms with E-state index in [-0.39, 0.29) is 11.7 Å². The van der Waals surface area contributed by atoms with Crippen molar-refractivity contribution in [2.24, 2.45) is 0 Å². The second-order valence-corrected chi connectivity index (χ2v) is 6.23. The minimum atomic E-state index is -0.166. The van der Waals surface area contributed by atoms with Gasteiger partial charge >= 0.3 is 0 Å². The zero-order valence-corrected chi connectivity index (χ0v) is 15.0. The van der Waals surface area contributed by atoms with Gasteiger partial charge in [-0.15, -0.1) is 0 Å². The van der Waals surface area contributed by atoms with Crippen LogP contribution in [0.4, 0.5) is 5.82 Å². The zero-order valence-electron chi connectivity index (χ0n) is 15.0. The molecule has 0 saturated heterocycles. The number of ketones is 1. The molecular formula is C20H20N4O2. The maximum Gasteiger partial charge on any atom is 0.222 e. The summed E-state index contributed by atoms with van der Waals surface area (Å²) in [6.45, 7) is 5.37. The van der Waals surface area contributed by atoms with E-state index in [1.165, 1.54) is 6.92 Å². The van der Waals surface area contributed by atoms with Gasteiger partial charge in [-0.05, 0) is 37.1 Å². The molecule has 1 N–H and O–H groups in total. The van der Waals surface area contributed by atoms with E-state index in [4.69, 9.17) is 0 Å². The SMILES string of the molecule is CCCC(=O)c1cc(C)c(-c2cc3cnc(NC(C)=O)cc3cn2)cn1. The molecule has 0 saturated carbocycles. The number of nitrogens with one attached hydrogen (secondary N) is 1. The number of anilines is 1. The van der Waals surface area contributed by atoms with Gasteiger partial charge in [-0.1, -0.05) is 6.92 Å². The molecule has 0 aliphatic carbocycles. The predicted octanol–water partition coefficient (Wildman–Crippen LogP) is 3.94. The zero-order chi connectivity index (χ0) is 18.7. The van der Waals surface area contributed by atoms with Gasteiger partial charge in [0.25, 0.3) is 0 Å². The van der Waals surface area contributed by atoms with Crippen LogP contribution in [-0.2, 0) is 4.79 Å². The van der Waals surface area contributed by atoms with Gasteiger partial charge in [0.1, 0.15) is 11.5 Å². The number of hydrogen-bond acceptors (Lipinski definition) is 5. The molecule has 0 bridgehead atoms. The Bertz CT molecular complexity index is 998. The number of hydrogen-bond donors (Lipinski definition) is 1. The molecule has 0 spiro atoms. The van der Waals surface area contributed by atoms with Crippen molar-refractivity contribution >= 4 is 28.3 Å². The maximum atomic E-state index is 12.0. The Labute approximate surface area is 151 Å². The first-order chi connectivity index (χ1) is 12.5. The number of amides is 1. The van der Waals surface area contributed by atoms with E-state index >= 15 is 0 Å². The summed E-state index contributed by atoms with van der Waals surface area (Å²) >= 11 is 0. The average molecular weight is 348 g/mol.